The Morgan fingerprint density at radius 3 is 2.89 bits per heavy atom. The summed E-state index contributed by atoms with van der Waals surface area (Å²) in [4.78, 5) is 14.7. The molecule has 7 nitrogen and oxygen atoms in total. The minimum absolute atomic E-state index is 0.0342. The summed E-state index contributed by atoms with van der Waals surface area (Å²) in [5, 5.41) is 20.0. The van der Waals surface area contributed by atoms with Gasteiger partial charge in [-0.15, -0.1) is 5.10 Å². The Bertz CT molecular complexity index is 611. The normalized spacial score (nSPS) is 11.5. The molecule has 2 heterocycles. The first kappa shape index (κ1) is 13.1. The Hall–Kier alpha value is -2.38. The molecule has 0 aliphatic carbocycles. The quantitative estimate of drug-likeness (QED) is 0.885. The van der Waals surface area contributed by atoms with Crippen molar-refractivity contribution in [3.8, 4) is 11.4 Å². The van der Waals surface area contributed by atoms with Gasteiger partial charge >= 0.3 is 5.97 Å². The molecule has 0 spiro atoms. The van der Waals surface area contributed by atoms with Crippen molar-refractivity contribution in [1.29, 1.82) is 0 Å². The number of carboxylic acid groups (broad SMARTS) is 1. The molecule has 2 rings (SSSR count). The van der Waals surface area contributed by atoms with Crippen LogP contribution in [-0.4, -0.2) is 36.3 Å². The van der Waals surface area contributed by atoms with E-state index in [-0.39, 0.29) is 17.9 Å². The number of nitrogens with zero attached hydrogens (tertiary/aromatic N) is 5. The highest BCUT2D eigenvalue weighted by Crippen LogP contribution is 2.23. The molecule has 100 valence electrons. The van der Waals surface area contributed by atoms with Crippen molar-refractivity contribution in [2.75, 3.05) is 0 Å². The van der Waals surface area contributed by atoms with Gasteiger partial charge in [-0.25, -0.2) is 9.07 Å². The summed E-state index contributed by atoms with van der Waals surface area (Å²) < 4.78 is 14.9. The van der Waals surface area contributed by atoms with Gasteiger partial charge in [0.15, 0.2) is 11.6 Å². The third-order valence-electron chi connectivity index (χ3n) is 2.67. The second-order valence-corrected chi connectivity index (χ2v) is 4.70. The third kappa shape index (κ3) is 2.56. The van der Waals surface area contributed by atoms with Crippen LogP contribution in [0.1, 0.15) is 13.8 Å². The molecule has 0 amide bonds. The average molecular weight is 265 g/mol. The molecule has 0 aliphatic rings. The molecule has 0 fully saturated rings. The van der Waals surface area contributed by atoms with Crippen molar-refractivity contribution in [2.24, 2.45) is 5.41 Å². The van der Waals surface area contributed by atoms with Crippen molar-refractivity contribution in [3.63, 3.8) is 0 Å². The van der Waals surface area contributed by atoms with Crippen LogP contribution in [-0.2, 0) is 11.3 Å². The van der Waals surface area contributed by atoms with Crippen molar-refractivity contribution in [2.45, 2.75) is 20.4 Å². The van der Waals surface area contributed by atoms with Gasteiger partial charge in [0.2, 0.25) is 0 Å². The predicted molar refractivity (Wildman–Crippen MR) is 62.4 cm³/mol. The lowest BCUT2D eigenvalue weighted by Gasteiger charge is -2.19. The Balaban J connectivity index is 2.39. The van der Waals surface area contributed by atoms with Gasteiger partial charge in [-0.1, -0.05) is 0 Å². The number of hydrogen-bond donors (Lipinski definition) is 1. The van der Waals surface area contributed by atoms with E-state index in [9.17, 15) is 9.18 Å². The van der Waals surface area contributed by atoms with Crippen molar-refractivity contribution in [3.05, 3.63) is 24.3 Å². The number of carbonyl (C=O) groups is 1. The summed E-state index contributed by atoms with van der Waals surface area (Å²) in [6.45, 7) is 3.12. The maximum atomic E-state index is 13.6. The second-order valence-electron chi connectivity index (χ2n) is 4.70. The van der Waals surface area contributed by atoms with Crippen LogP contribution in [0.3, 0.4) is 0 Å². The summed E-state index contributed by atoms with van der Waals surface area (Å²) >= 11 is 0. The number of aromatic nitrogens is 5. The van der Waals surface area contributed by atoms with Crippen LogP contribution in [0.15, 0.2) is 18.5 Å². The first-order valence-corrected chi connectivity index (χ1v) is 5.51. The molecule has 8 heteroatoms. The van der Waals surface area contributed by atoms with E-state index in [1.807, 2.05) is 0 Å². The molecular formula is C11H12FN5O2. The minimum atomic E-state index is -1.06. The van der Waals surface area contributed by atoms with Crippen molar-refractivity contribution < 1.29 is 14.3 Å². The van der Waals surface area contributed by atoms with Crippen LogP contribution in [0.4, 0.5) is 4.39 Å². The maximum Gasteiger partial charge on any atom is 0.310 e. The van der Waals surface area contributed by atoms with Gasteiger partial charge in [-0.3, -0.25) is 9.78 Å². The highest BCUT2D eigenvalue weighted by molar-refractivity contribution is 5.73. The Labute approximate surface area is 108 Å². The SMILES string of the molecule is CC(C)(Cn1nnnc1-c1ccncc1F)C(=O)O. The van der Waals surface area contributed by atoms with E-state index in [2.05, 4.69) is 20.5 Å². The van der Waals surface area contributed by atoms with Crippen LogP contribution in [0, 0.1) is 11.2 Å². The van der Waals surface area contributed by atoms with Gasteiger partial charge in [0.05, 0.1) is 23.7 Å². The number of rotatable bonds is 4. The summed E-state index contributed by atoms with van der Waals surface area (Å²) in [7, 11) is 0. The summed E-state index contributed by atoms with van der Waals surface area (Å²) in [5.74, 6) is -1.37. The molecule has 0 aromatic carbocycles. The number of hydrogen-bond acceptors (Lipinski definition) is 5. The first-order chi connectivity index (χ1) is 8.92. The number of carboxylic acids is 1. The van der Waals surface area contributed by atoms with Gasteiger partial charge in [-0.05, 0) is 30.3 Å². The van der Waals surface area contributed by atoms with Crippen LogP contribution < -0.4 is 0 Å². The van der Waals surface area contributed by atoms with Crippen LogP contribution in [0.2, 0.25) is 0 Å². The molecule has 0 aliphatic heterocycles. The van der Waals surface area contributed by atoms with E-state index in [0.717, 1.165) is 6.20 Å². The molecule has 2 aromatic rings. The average Bonchev–Trinajstić information content (AvgIpc) is 2.77. The van der Waals surface area contributed by atoms with Crippen LogP contribution in [0.25, 0.3) is 11.4 Å². The van der Waals surface area contributed by atoms with Gasteiger partial charge in [0.1, 0.15) is 0 Å². The molecule has 0 bridgehead atoms. The molecule has 0 atom stereocenters. The van der Waals surface area contributed by atoms with Crippen molar-refractivity contribution in [1.82, 2.24) is 25.2 Å². The van der Waals surface area contributed by atoms with Gasteiger partial charge in [0.25, 0.3) is 0 Å². The summed E-state index contributed by atoms with van der Waals surface area (Å²) in [5.41, 5.74) is -0.880. The standard InChI is InChI=1S/C11H12FN5O2/c1-11(2,10(18)19)6-17-9(14-15-16-17)7-3-4-13-5-8(7)12/h3-5H,6H2,1-2H3,(H,18,19). The fourth-order valence-corrected chi connectivity index (χ4v) is 1.50. The Morgan fingerprint density at radius 2 is 2.26 bits per heavy atom. The van der Waals surface area contributed by atoms with Gasteiger partial charge in [-0.2, -0.15) is 0 Å². The van der Waals surface area contributed by atoms with E-state index in [1.165, 1.54) is 16.9 Å². The zero-order valence-corrected chi connectivity index (χ0v) is 10.4. The molecule has 1 N–H and O–H groups in total. The zero-order valence-electron chi connectivity index (χ0n) is 10.4. The largest absolute Gasteiger partial charge is 0.481 e. The lowest BCUT2D eigenvalue weighted by Crippen LogP contribution is -2.30. The van der Waals surface area contributed by atoms with Gasteiger partial charge < -0.3 is 5.11 Å². The lowest BCUT2D eigenvalue weighted by atomic mass is 9.94. The second kappa shape index (κ2) is 4.71. The monoisotopic (exact) mass is 265 g/mol. The third-order valence-corrected chi connectivity index (χ3v) is 2.67. The molecule has 0 saturated heterocycles. The van der Waals surface area contributed by atoms with Crippen molar-refractivity contribution >= 4 is 5.97 Å². The number of halogens is 1. The molecule has 19 heavy (non-hydrogen) atoms. The predicted octanol–water partition coefficient (Wildman–Crippen LogP) is 0.985. The van der Waals surface area contributed by atoms with Crippen LogP contribution >= 0.6 is 0 Å². The molecule has 2 aromatic heterocycles. The molecule has 0 unspecified atom stereocenters. The first-order valence-electron chi connectivity index (χ1n) is 5.51. The number of aliphatic carboxylic acids is 1. The lowest BCUT2D eigenvalue weighted by molar-refractivity contribution is -0.147. The maximum absolute atomic E-state index is 13.6. The van der Waals surface area contributed by atoms with E-state index in [4.69, 9.17) is 5.11 Å². The molecule has 0 saturated carbocycles. The van der Waals surface area contributed by atoms with Crippen LogP contribution in [0.5, 0.6) is 0 Å². The van der Waals surface area contributed by atoms with E-state index < -0.39 is 17.2 Å². The Morgan fingerprint density at radius 1 is 1.53 bits per heavy atom. The number of tetrazole rings is 1. The van der Waals surface area contributed by atoms with E-state index >= 15 is 0 Å². The number of pyridine rings is 1. The molecular weight excluding hydrogens is 253 g/mol. The van der Waals surface area contributed by atoms with E-state index in [0.29, 0.717) is 0 Å². The summed E-state index contributed by atoms with van der Waals surface area (Å²) in [6.07, 6.45) is 2.47. The Kier molecular flexibility index (Phi) is 3.24. The topological polar surface area (TPSA) is 93.8 Å². The minimum Gasteiger partial charge on any atom is -0.481 e. The highest BCUT2D eigenvalue weighted by atomic mass is 19.1. The van der Waals surface area contributed by atoms with Gasteiger partial charge in [0, 0.05) is 6.20 Å². The highest BCUT2D eigenvalue weighted by Gasteiger charge is 2.30. The zero-order chi connectivity index (χ0) is 14.0. The van der Waals surface area contributed by atoms with E-state index in [1.54, 1.807) is 13.8 Å². The summed E-state index contributed by atoms with van der Waals surface area (Å²) in [6, 6.07) is 1.44. The fourth-order valence-electron chi connectivity index (χ4n) is 1.50. The smallest absolute Gasteiger partial charge is 0.310 e. The fraction of sp³-hybridized carbons (Fsp3) is 0.364. The molecule has 0 radical (unpaired) electrons.